The molecule has 102 valence electrons. The molecule has 0 spiro atoms. The van der Waals surface area contributed by atoms with E-state index < -0.39 is 0 Å². The normalized spacial score (nSPS) is 24.7. The van der Waals surface area contributed by atoms with Gasteiger partial charge in [-0.05, 0) is 31.0 Å². The van der Waals surface area contributed by atoms with Gasteiger partial charge in [0.15, 0.2) is 0 Å². The zero-order valence-electron chi connectivity index (χ0n) is 10.4. The molecule has 2 atom stereocenters. The number of piperidine rings is 1. The first-order valence-electron chi connectivity index (χ1n) is 5.98. The maximum Gasteiger partial charge on any atom is 0.0465 e. The Morgan fingerprint density at radius 3 is 2.50 bits per heavy atom. The third-order valence-electron chi connectivity index (χ3n) is 3.50. The van der Waals surface area contributed by atoms with Crippen molar-refractivity contribution in [3.63, 3.8) is 0 Å². The summed E-state index contributed by atoms with van der Waals surface area (Å²) in [6.45, 7) is 5.05. The molecule has 0 amide bonds. The van der Waals surface area contributed by atoms with E-state index in [1.54, 1.807) is 0 Å². The first-order chi connectivity index (χ1) is 8.08. The largest absolute Gasteiger partial charge is 0.327 e. The molecule has 18 heavy (non-hydrogen) atoms. The molecule has 2 N–H and O–H groups in total. The molecule has 0 aromatic heterocycles. The number of nitrogens with zero attached hydrogens (tertiary/aromatic N) is 1. The Morgan fingerprint density at radius 1 is 1.33 bits per heavy atom. The Labute approximate surface area is 125 Å². The Morgan fingerprint density at radius 2 is 1.94 bits per heavy atom. The second kappa shape index (κ2) is 6.97. The first-order valence-corrected chi connectivity index (χ1v) is 6.74. The quantitative estimate of drug-likeness (QED) is 0.904. The van der Waals surface area contributed by atoms with Crippen LogP contribution in [0.15, 0.2) is 18.2 Å². The first kappa shape index (κ1) is 16.1. The second-order valence-electron chi connectivity index (χ2n) is 4.87. The minimum absolute atomic E-state index is 0. The maximum absolute atomic E-state index is 6.18. The van der Waals surface area contributed by atoms with Gasteiger partial charge < -0.3 is 5.73 Å². The lowest BCUT2D eigenvalue weighted by molar-refractivity contribution is 0.158. The van der Waals surface area contributed by atoms with Crippen molar-refractivity contribution in [2.45, 2.75) is 25.9 Å². The van der Waals surface area contributed by atoms with E-state index in [2.05, 4.69) is 11.8 Å². The van der Waals surface area contributed by atoms with Gasteiger partial charge in [-0.2, -0.15) is 0 Å². The van der Waals surface area contributed by atoms with Crippen LogP contribution in [-0.4, -0.2) is 24.0 Å². The van der Waals surface area contributed by atoms with Crippen molar-refractivity contribution >= 4 is 35.6 Å². The SMILES string of the molecule is CC1CN(Cc2c(Cl)cccc2Cl)CCC1N.Cl. The highest BCUT2D eigenvalue weighted by molar-refractivity contribution is 6.35. The maximum atomic E-state index is 6.18. The minimum atomic E-state index is 0. The van der Waals surface area contributed by atoms with Crippen molar-refractivity contribution in [3.8, 4) is 0 Å². The van der Waals surface area contributed by atoms with E-state index in [1.165, 1.54) is 0 Å². The Kier molecular flexibility index (Phi) is 6.22. The average Bonchev–Trinajstić information content (AvgIpc) is 2.28. The monoisotopic (exact) mass is 308 g/mol. The highest BCUT2D eigenvalue weighted by Gasteiger charge is 2.23. The molecule has 1 aromatic rings. The van der Waals surface area contributed by atoms with Crippen LogP contribution in [0, 0.1) is 5.92 Å². The Hall–Kier alpha value is 0.01000. The van der Waals surface area contributed by atoms with Gasteiger partial charge in [-0.1, -0.05) is 36.2 Å². The van der Waals surface area contributed by atoms with E-state index in [4.69, 9.17) is 28.9 Å². The molecule has 1 aliphatic rings. The van der Waals surface area contributed by atoms with Crippen molar-refractivity contribution in [3.05, 3.63) is 33.8 Å². The van der Waals surface area contributed by atoms with Gasteiger partial charge in [0.05, 0.1) is 0 Å². The van der Waals surface area contributed by atoms with E-state index >= 15 is 0 Å². The summed E-state index contributed by atoms with van der Waals surface area (Å²) in [5.74, 6) is 0.532. The highest BCUT2D eigenvalue weighted by Crippen LogP contribution is 2.27. The number of rotatable bonds is 2. The number of hydrogen-bond acceptors (Lipinski definition) is 2. The predicted molar refractivity (Wildman–Crippen MR) is 80.7 cm³/mol. The lowest BCUT2D eigenvalue weighted by Crippen LogP contribution is -2.45. The van der Waals surface area contributed by atoms with Gasteiger partial charge in [0.2, 0.25) is 0 Å². The van der Waals surface area contributed by atoms with E-state index in [9.17, 15) is 0 Å². The summed E-state index contributed by atoms with van der Waals surface area (Å²) < 4.78 is 0. The number of nitrogens with two attached hydrogens (primary N) is 1. The highest BCUT2D eigenvalue weighted by atomic mass is 35.5. The van der Waals surface area contributed by atoms with Gasteiger partial charge in [-0.15, -0.1) is 12.4 Å². The molecule has 1 aliphatic heterocycles. The molecule has 5 heteroatoms. The van der Waals surface area contributed by atoms with Gasteiger partial charge >= 0.3 is 0 Å². The molecule has 2 nitrogen and oxygen atoms in total. The average molecular weight is 310 g/mol. The molecule has 2 unspecified atom stereocenters. The number of halogens is 3. The van der Waals surface area contributed by atoms with Crippen LogP contribution in [0.25, 0.3) is 0 Å². The molecule has 1 heterocycles. The minimum Gasteiger partial charge on any atom is -0.327 e. The van der Waals surface area contributed by atoms with Gasteiger partial charge in [0.25, 0.3) is 0 Å². The van der Waals surface area contributed by atoms with Crippen LogP contribution >= 0.6 is 35.6 Å². The number of hydrogen-bond donors (Lipinski definition) is 1. The lowest BCUT2D eigenvalue weighted by Gasteiger charge is -2.35. The molecular formula is C13H19Cl3N2. The van der Waals surface area contributed by atoms with Gasteiger partial charge in [-0.3, -0.25) is 4.90 Å². The summed E-state index contributed by atoms with van der Waals surface area (Å²) in [6.07, 6.45) is 1.04. The zero-order valence-corrected chi connectivity index (χ0v) is 12.7. The standard InChI is InChI=1S/C13H18Cl2N2.ClH/c1-9-7-17(6-5-13(9)16)8-10-11(14)3-2-4-12(10)15;/h2-4,9,13H,5-8,16H2,1H3;1H. The molecule has 0 radical (unpaired) electrons. The van der Waals surface area contributed by atoms with Crippen LogP contribution in [0.1, 0.15) is 18.9 Å². The van der Waals surface area contributed by atoms with Crippen molar-refractivity contribution in [1.82, 2.24) is 4.90 Å². The summed E-state index contributed by atoms with van der Waals surface area (Å²) in [7, 11) is 0. The lowest BCUT2D eigenvalue weighted by atomic mass is 9.94. The third kappa shape index (κ3) is 3.75. The third-order valence-corrected chi connectivity index (χ3v) is 4.21. The summed E-state index contributed by atoms with van der Waals surface area (Å²) in [5.41, 5.74) is 7.04. The molecule has 0 bridgehead atoms. The molecule has 1 saturated heterocycles. The topological polar surface area (TPSA) is 29.3 Å². The van der Waals surface area contributed by atoms with Crippen LogP contribution in [0.2, 0.25) is 10.0 Å². The van der Waals surface area contributed by atoms with Gasteiger partial charge in [-0.25, -0.2) is 0 Å². The van der Waals surface area contributed by atoms with Crippen LogP contribution in [0.4, 0.5) is 0 Å². The van der Waals surface area contributed by atoms with Crippen LogP contribution in [0.5, 0.6) is 0 Å². The van der Waals surface area contributed by atoms with Crippen LogP contribution < -0.4 is 5.73 Å². The van der Waals surface area contributed by atoms with Gasteiger partial charge in [0.1, 0.15) is 0 Å². The Bertz CT molecular complexity index is 378. The molecule has 0 aliphatic carbocycles. The molecule has 2 rings (SSSR count). The summed E-state index contributed by atoms with van der Waals surface area (Å²) in [6, 6.07) is 5.99. The molecule has 1 fully saturated rings. The molecule has 1 aromatic carbocycles. The molecular weight excluding hydrogens is 291 g/mol. The van der Waals surface area contributed by atoms with Crippen molar-refractivity contribution in [2.24, 2.45) is 11.7 Å². The fourth-order valence-electron chi connectivity index (χ4n) is 2.30. The van der Waals surface area contributed by atoms with E-state index in [1.807, 2.05) is 18.2 Å². The molecule has 0 saturated carbocycles. The van der Waals surface area contributed by atoms with E-state index in [0.29, 0.717) is 12.0 Å². The van der Waals surface area contributed by atoms with E-state index in [0.717, 1.165) is 41.7 Å². The van der Waals surface area contributed by atoms with Crippen molar-refractivity contribution in [2.75, 3.05) is 13.1 Å². The van der Waals surface area contributed by atoms with Crippen LogP contribution in [-0.2, 0) is 6.54 Å². The number of benzene rings is 1. The smallest absolute Gasteiger partial charge is 0.0465 e. The van der Waals surface area contributed by atoms with E-state index in [-0.39, 0.29) is 12.4 Å². The summed E-state index contributed by atoms with van der Waals surface area (Å²) in [4.78, 5) is 2.38. The van der Waals surface area contributed by atoms with Crippen LogP contribution in [0.3, 0.4) is 0 Å². The summed E-state index contributed by atoms with van der Waals surface area (Å²) >= 11 is 12.4. The van der Waals surface area contributed by atoms with Crippen molar-refractivity contribution < 1.29 is 0 Å². The zero-order chi connectivity index (χ0) is 12.4. The fraction of sp³-hybridized carbons (Fsp3) is 0.538. The second-order valence-corrected chi connectivity index (χ2v) is 5.68. The predicted octanol–water partition coefficient (Wildman–Crippen LogP) is 3.58. The number of likely N-dealkylation sites (tertiary alicyclic amines) is 1. The van der Waals surface area contributed by atoms with Crippen molar-refractivity contribution in [1.29, 1.82) is 0 Å². The summed E-state index contributed by atoms with van der Waals surface area (Å²) in [5, 5.41) is 1.50. The Balaban J connectivity index is 0.00000162. The fourth-order valence-corrected chi connectivity index (χ4v) is 2.82. The van der Waals surface area contributed by atoms with Gasteiger partial charge in [0, 0.05) is 34.7 Å².